The predicted molar refractivity (Wildman–Crippen MR) is 76.3 cm³/mol. The first kappa shape index (κ1) is 16.5. The van der Waals surface area contributed by atoms with Gasteiger partial charge in [-0.3, -0.25) is 0 Å². The summed E-state index contributed by atoms with van der Waals surface area (Å²) in [6, 6.07) is 10.1. The average molecular weight is 257 g/mol. The predicted octanol–water partition coefficient (Wildman–Crippen LogP) is 5.23. The summed E-state index contributed by atoms with van der Waals surface area (Å²) >= 11 is 6.09. The van der Waals surface area contributed by atoms with Gasteiger partial charge in [-0.2, -0.15) is 0 Å². The lowest BCUT2D eigenvalue weighted by molar-refractivity contribution is 0.0668. The number of hydrogen-bond donors (Lipinski definition) is 0. The molecule has 0 radical (unpaired) electrons. The number of rotatable bonds is 4. The van der Waals surface area contributed by atoms with Gasteiger partial charge in [-0.1, -0.05) is 76.6 Å². The van der Waals surface area contributed by atoms with Gasteiger partial charge < -0.3 is 4.74 Å². The summed E-state index contributed by atoms with van der Waals surface area (Å²) in [6.07, 6.45) is 0.862. The molecule has 0 aromatic heterocycles. The van der Waals surface area contributed by atoms with Gasteiger partial charge in [-0.15, -0.1) is 0 Å². The fourth-order valence-electron chi connectivity index (χ4n) is 1.30. The second-order valence-electron chi connectivity index (χ2n) is 4.97. The number of alkyl halides is 1. The van der Waals surface area contributed by atoms with Gasteiger partial charge in [0.25, 0.3) is 0 Å². The summed E-state index contributed by atoms with van der Waals surface area (Å²) in [5.74, 6) is 0. The van der Waals surface area contributed by atoms with Crippen molar-refractivity contribution in [1.29, 1.82) is 0 Å². The molecule has 0 heterocycles. The molecule has 1 unspecified atom stereocenters. The van der Waals surface area contributed by atoms with E-state index >= 15 is 0 Å². The van der Waals surface area contributed by atoms with Crippen LogP contribution in [0.3, 0.4) is 0 Å². The van der Waals surface area contributed by atoms with Crippen LogP contribution in [0, 0.1) is 5.41 Å². The van der Waals surface area contributed by atoms with E-state index < -0.39 is 0 Å². The molecule has 98 valence electrons. The molecule has 0 N–H and O–H groups in total. The van der Waals surface area contributed by atoms with Crippen molar-refractivity contribution in [3.63, 3.8) is 0 Å². The molecule has 0 bridgehead atoms. The Labute approximate surface area is 111 Å². The van der Waals surface area contributed by atoms with Gasteiger partial charge in [0, 0.05) is 0 Å². The molecular formula is C15H25ClO. The largest absolute Gasteiger partial charge is 0.358 e. The second kappa shape index (κ2) is 8.54. The van der Waals surface area contributed by atoms with Crippen LogP contribution in [-0.4, -0.2) is 5.56 Å². The molecule has 1 atom stereocenters. The highest BCUT2D eigenvalue weighted by Gasteiger charge is 2.16. The van der Waals surface area contributed by atoms with Crippen molar-refractivity contribution in [2.75, 3.05) is 0 Å². The van der Waals surface area contributed by atoms with Gasteiger partial charge in [0.05, 0.1) is 6.61 Å². The number of ether oxygens (including phenoxy) is 1. The third kappa shape index (κ3) is 9.20. The zero-order valence-corrected chi connectivity index (χ0v) is 12.4. The molecular weight excluding hydrogens is 232 g/mol. The van der Waals surface area contributed by atoms with E-state index in [1.165, 1.54) is 0 Å². The molecule has 0 fully saturated rings. The molecule has 1 nitrogen and oxygen atoms in total. The summed E-state index contributed by atoms with van der Waals surface area (Å²) in [6.45, 7) is 11.1. The van der Waals surface area contributed by atoms with E-state index in [9.17, 15) is 0 Å². The lowest BCUT2D eigenvalue weighted by Gasteiger charge is -2.21. The van der Waals surface area contributed by atoms with E-state index in [1.807, 2.05) is 44.2 Å². The molecule has 0 aliphatic heterocycles. The number of benzene rings is 1. The first-order valence-corrected chi connectivity index (χ1v) is 6.71. The Kier molecular flexibility index (Phi) is 8.28. The van der Waals surface area contributed by atoms with Crippen molar-refractivity contribution in [2.45, 2.75) is 53.2 Å². The summed E-state index contributed by atoms with van der Waals surface area (Å²) in [4.78, 5) is 0. The molecule has 0 aliphatic rings. The van der Waals surface area contributed by atoms with E-state index in [-0.39, 0.29) is 11.0 Å². The Hall–Kier alpha value is -0.530. The third-order valence-electron chi connectivity index (χ3n) is 2.05. The van der Waals surface area contributed by atoms with Gasteiger partial charge in [0.1, 0.15) is 5.56 Å². The Morgan fingerprint density at radius 2 is 1.65 bits per heavy atom. The van der Waals surface area contributed by atoms with Crippen LogP contribution >= 0.6 is 11.6 Å². The van der Waals surface area contributed by atoms with E-state index in [1.54, 1.807) is 0 Å². The maximum atomic E-state index is 6.09. The molecule has 0 saturated heterocycles. The van der Waals surface area contributed by atoms with Crippen LogP contribution in [0.15, 0.2) is 30.3 Å². The van der Waals surface area contributed by atoms with Gasteiger partial charge >= 0.3 is 0 Å². The maximum absolute atomic E-state index is 6.09. The number of hydrogen-bond acceptors (Lipinski definition) is 1. The Bertz CT molecular complexity index is 277. The van der Waals surface area contributed by atoms with Crippen molar-refractivity contribution in [3.8, 4) is 0 Å². The summed E-state index contributed by atoms with van der Waals surface area (Å²) in [7, 11) is 0. The van der Waals surface area contributed by atoms with Crippen LogP contribution in [0.1, 0.15) is 46.6 Å². The quantitative estimate of drug-likeness (QED) is 0.670. The smallest absolute Gasteiger partial charge is 0.132 e. The topological polar surface area (TPSA) is 9.23 Å². The number of halogens is 1. The van der Waals surface area contributed by atoms with E-state index in [0.29, 0.717) is 6.61 Å². The Morgan fingerprint density at radius 1 is 1.12 bits per heavy atom. The minimum Gasteiger partial charge on any atom is -0.358 e. The minimum atomic E-state index is -0.204. The fourth-order valence-corrected chi connectivity index (χ4v) is 1.83. The van der Waals surface area contributed by atoms with Crippen molar-refractivity contribution >= 4 is 11.6 Å². The minimum absolute atomic E-state index is 0.204. The molecule has 17 heavy (non-hydrogen) atoms. The standard InChI is InChI=1S/C13H19ClO.C2H6/c1-13(2,3)9-12(14)15-10-11-7-5-4-6-8-11;1-2/h4-8,12H,9-10H2,1-3H3;1-2H3. The van der Waals surface area contributed by atoms with E-state index in [0.717, 1.165) is 12.0 Å². The van der Waals surface area contributed by atoms with Crippen molar-refractivity contribution in [2.24, 2.45) is 5.41 Å². The summed E-state index contributed by atoms with van der Waals surface area (Å²) in [5, 5.41) is 0. The molecule has 2 heteroatoms. The molecule has 0 aliphatic carbocycles. The van der Waals surface area contributed by atoms with Crippen LogP contribution in [0.25, 0.3) is 0 Å². The van der Waals surface area contributed by atoms with Crippen molar-refractivity contribution < 1.29 is 4.74 Å². The molecule has 0 amide bonds. The monoisotopic (exact) mass is 256 g/mol. The Morgan fingerprint density at radius 3 is 2.12 bits per heavy atom. The second-order valence-corrected chi connectivity index (χ2v) is 5.46. The molecule has 1 aromatic rings. The summed E-state index contributed by atoms with van der Waals surface area (Å²) in [5.41, 5.74) is 1.17. The van der Waals surface area contributed by atoms with E-state index in [4.69, 9.17) is 16.3 Å². The molecule has 0 saturated carbocycles. The Balaban J connectivity index is 0.00000121. The van der Waals surface area contributed by atoms with Crippen LogP contribution in [-0.2, 0) is 11.3 Å². The lowest BCUT2D eigenvalue weighted by Crippen LogP contribution is -2.15. The molecule has 1 aromatic carbocycles. The van der Waals surface area contributed by atoms with Gasteiger partial charge in [0.2, 0.25) is 0 Å². The highest BCUT2D eigenvalue weighted by molar-refractivity contribution is 6.19. The highest BCUT2D eigenvalue weighted by Crippen LogP contribution is 2.24. The fraction of sp³-hybridized carbons (Fsp3) is 0.600. The molecule has 1 rings (SSSR count). The van der Waals surface area contributed by atoms with Crippen LogP contribution < -0.4 is 0 Å². The zero-order chi connectivity index (χ0) is 13.3. The lowest BCUT2D eigenvalue weighted by atomic mass is 9.93. The van der Waals surface area contributed by atoms with Crippen LogP contribution in [0.4, 0.5) is 0 Å². The van der Waals surface area contributed by atoms with Gasteiger partial charge in [-0.25, -0.2) is 0 Å². The van der Waals surface area contributed by atoms with E-state index in [2.05, 4.69) is 20.8 Å². The highest BCUT2D eigenvalue weighted by atomic mass is 35.5. The third-order valence-corrected chi connectivity index (χ3v) is 2.33. The first-order chi connectivity index (χ1) is 7.97. The first-order valence-electron chi connectivity index (χ1n) is 6.27. The normalized spacial score (nSPS) is 12.6. The van der Waals surface area contributed by atoms with Crippen molar-refractivity contribution in [3.05, 3.63) is 35.9 Å². The van der Waals surface area contributed by atoms with Gasteiger partial charge in [-0.05, 0) is 17.4 Å². The zero-order valence-electron chi connectivity index (χ0n) is 11.7. The van der Waals surface area contributed by atoms with Crippen LogP contribution in [0.5, 0.6) is 0 Å². The summed E-state index contributed by atoms with van der Waals surface area (Å²) < 4.78 is 5.57. The van der Waals surface area contributed by atoms with Gasteiger partial charge in [0.15, 0.2) is 0 Å². The SMILES string of the molecule is CC.CC(C)(C)CC(Cl)OCc1ccccc1. The molecule has 0 spiro atoms. The van der Waals surface area contributed by atoms with Crippen molar-refractivity contribution in [1.82, 2.24) is 0 Å². The van der Waals surface area contributed by atoms with Crippen LogP contribution in [0.2, 0.25) is 0 Å². The maximum Gasteiger partial charge on any atom is 0.132 e. The average Bonchev–Trinajstić information content (AvgIpc) is 2.28.